The van der Waals surface area contributed by atoms with E-state index in [9.17, 15) is 13.2 Å². The number of aryl methyl sites for hydroxylation is 1. The zero-order valence-corrected chi connectivity index (χ0v) is 23.6. The molecule has 0 bridgehead atoms. The highest BCUT2D eigenvalue weighted by Gasteiger charge is 2.52. The molecule has 1 aliphatic heterocycles. The molecule has 0 spiro atoms. The lowest BCUT2D eigenvalue weighted by molar-refractivity contribution is -0.121. The number of hydrogen-bond donors (Lipinski definition) is 1. The van der Waals surface area contributed by atoms with Gasteiger partial charge in [0.05, 0.1) is 4.90 Å². The van der Waals surface area contributed by atoms with E-state index in [0.717, 1.165) is 43.4 Å². The van der Waals surface area contributed by atoms with Gasteiger partial charge < -0.3 is 15.1 Å². The predicted molar refractivity (Wildman–Crippen MR) is 151 cm³/mol. The van der Waals surface area contributed by atoms with E-state index in [1.807, 2.05) is 26.0 Å². The molecule has 1 aromatic heterocycles. The van der Waals surface area contributed by atoms with Crippen molar-refractivity contribution in [3.63, 3.8) is 0 Å². The molecular weight excluding hydrogens is 506 g/mol. The third-order valence-corrected chi connectivity index (χ3v) is 10.4. The number of rotatable bonds is 12. The average Bonchev–Trinajstić information content (AvgIpc) is 3.69. The standard InChI is InChI=1S/C26H33N3O4S2.C2H6/c1-3-22-23(4-2)33-25(28-22)34-18-6-5-7-19-8-12-21(13-9-19)35(31,32)26(24(27)30)14-16-29(17-15-26)20-10-11-20;1-2/h3-4,8-9,12-13,20H,1-2,5-7,10-11,14-18H2,(H2,27,30);1-2H3. The number of benzene rings is 1. The van der Waals surface area contributed by atoms with Crippen molar-refractivity contribution in [3.05, 3.63) is 54.4 Å². The Hall–Kier alpha value is -2.36. The Balaban J connectivity index is 0.00000186. The third kappa shape index (κ3) is 6.56. The van der Waals surface area contributed by atoms with E-state index in [1.54, 1.807) is 36.0 Å². The van der Waals surface area contributed by atoms with Gasteiger partial charge in [-0.25, -0.2) is 13.4 Å². The van der Waals surface area contributed by atoms with Crippen LogP contribution in [0.25, 0.3) is 12.2 Å². The number of aromatic nitrogens is 1. The fourth-order valence-corrected chi connectivity index (χ4v) is 7.43. The molecule has 1 saturated carbocycles. The zero-order chi connectivity index (χ0) is 27.1. The van der Waals surface area contributed by atoms with E-state index in [2.05, 4.69) is 23.0 Å². The van der Waals surface area contributed by atoms with Gasteiger partial charge in [-0.15, -0.1) is 0 Å². The van der Waals surface area contributed by atoms with Crippen LogP contribution < -0.4 is 5.73 Å². The first-order valence-corrected chi connectivity index (χ1v) is 15.5. The van der Waals surface area contributed by atoms with Crippen LogP contribution in [0.15, 0.2) is 52.0 Å². The molecule has 1 aromatic carbocycles. The lowest BCUT2D eigenvalue weighted by Gasteiger charge is -2.39. The number of likely N-dealkylation sites (tertiary alicyclic amines) is 1. The summed E-state index contributed by atoms with van der Waals surface area (Å²) in [5, 5.41) is 0.607. The van der Waals surface area contributed by atoms with E-state index in [0.29, 0.717) is 35.8 Å². The molecule has 0 atom stereocenters. The summed E-state index contributed by atoms with van der Waals surface area (Å²) in [4.78, 5) is 19.3. The Kier molecular flexibility index (Phi) is 10.2. The molecule has 1 amide bonds. The fourth-order valence-electron chi connectivity index (χ4n) is 4.67. The Bertz CT molecular complexity index is 1150. The normalized spacial score (nSPS) is 17.5. The highest BCUT2D eigenvalue weighted by atomic mass is 32.2. The van der Waals surface area contributed by atoms with Gasteiger partial charge in [0.25, 0.3) is 5.22 Å². The number of hydrogen-bond acceptors (Lipinski definition) is 7. The minimum atomic E-state index is -3.87. The third-order valence-electron chi connectivity index (χ3n) is 6.99. The van der Waals surface area contributed by atoms with Gasteiger partial charge in [0.15, 0.2) is 20.3 Å². The van der Waals surface area contributed by atoms with Crippen molar-refractivity contribution in [2.75, 3.05) is 18.8 Å². The maximum Gasteiger partial charge on any atom is 0.256 e. The molecule has 202 valence electrons. The zero-order valence-electron chi connectivity index (χ0n) is 21.9. The lowest BCUT2D eigenvalue weighted by Crippen LogP contribution is -2.57. The van der Waals surface area contributed by atoms with Crippen LogP contribution in [0.3, 0.4) is 0 Å². The van der Waals surface area contributed by atoms with Crippen molar-refractivity contribution in [3.8, 4) is 0 Å². The van der Waals surface area contributed by atoms with E-state index < -0.39 is 20.5 Å². The van der Waals surface area contributed by atoms with Crippen LogP contribution in [0, 0.1) is 0 Å². The highest BCUT2D eigenvalue weighted by molar-refractivity contribution is 7.99. The van der Waals surface area contributed by atoms with Crippen molar-refractivity contribution < 1.29 is 17.6 Å². The number of carbonyl (C=O) groups excluding carboxylic acids is 1. The summed E-state index contributed by atoms with van der Waals surface area (Å²) >= 11 is 1.55. The van der Waals surface area contributed by atoms with Gasteiger partial charge in [0.2, 0.25) is 5.91 Å². The molecule has 37 heavy (non-hydrogen) atoms. The van der Waals surface area contributed by atoms with Crippen molar-refractivity contribution in [1.82, 2.24) is 9.88 Å². The first kappa shape index (κ1) is 29.2. The number of primary amides is 1. The molecular formula is C28H39N3O4S2. The molecule has 2 fully saturated rings. The van der Waals surface area contributed by atoms with Gasteiger partial charge in [-0.2, -0.15) is 0 Å². The molecule has 9 heteroatoms. The molecule has 2 aliphatic rings. The number of oxazole rings is 1. The highest BCUT2D eigenvalue weighted by Crippen LogP contribution is 2.39. The van der Waals surface area contributed by atoms with Crippen LogP contribution >= 0.6 is 11.8 Å². The minimum Gasteiger partial charge on any atom is -0.431 e. The van der Waals surface area contributed by atoms with Crippen LogP contribution in [-0.4, -0.2) is 53.8 Å². The second kappa shape index (κ2) is 12.9. The first-order chi connectivity index (χ1) is 17.8. The molecule has 2 N–H and O–H groups in total. The number of carbonyl (C=O) groups is 1. The quantitative estimate of drug-likeness (QED) is 0.283. The monoisotopic (exact) mass is 545 g/mol. The molecule has 2 aromatic rings. The molecule has 0 radical (unpaired) electrons. The number of piperidine rings is 1. The summed E-state index contributed by atoms with van der Waals surface area (Å²) in [6.07, 6.45) is 8.84. The fraction of sp³-hybridized carbons (Fsp3) is 0.500. The van der Waals surface area contributed by atoms with E-state index in [-0.39, 0.29) is 17.7 Å². The lowest BCUT2D eigenvalue weighted by atomic mass is 9.95. The maximum atomic E-state index is 13.5. The van der Waals surface area contributed by atoms with E-state index in [1.165, 1.54) is 0 Å². The van der Waals surface area contributed by atoms with Crippen LogP contribution in [0.1, 0.15) is 69.4 Å². The Morgan fingerprint density at radius 1 is 1.16 bits per heavy atom. The number of nitrogens with zero attached hydrogens (tertiary/aromatic N) is 2. The molecule has 0 unspecified atom stereocenters. The SMILES string of the molecule is C=Cc1nc(SCCCCc2ccc(S(=O)(=O)C3(C(N)=O)CCN(C4CC4)CC3)cc2)oc1C=C.CC. The van der Waals surface area contributed by atoms with Crippen LogP contribution in [0.4, 0.5) is 0 Å². The first-order valence-electron chi connectivity index (χ1n) is 13.1. The number of thioether (sulfide) groups is 1. The maximum absolute atomic E-state index is 13.5. The Morgan fingerprint density at radius 3 is 2.32 bits per heavy atom. The van der Waals surface area contributed by atoms with E-state index >= 15 is 0 Å². The van der Waals surface area contributed by atoms with Gasteiger partial charge in [-0.05, 0) is 74.8 Å². The second-order valence-electron chi connectivity index (χ2n) is 9.22. The van der Waals surface area contributed by atoms with Gasteiger partial charge in [0, 0.05) is 24.9 Å². The smallest absolute Gasteiger partial charge is 0.256 e. The summed E-state index contributed by atoms with van der Waals surface area (Å²) in [6, 6.07) is 7.48. The summed E-state index contributed by atoms with van der Waals surface area (Å²) in [7, 11) is -3.87. The summed E-state index contributed by atoms with van der Waals surface area (Å²) in [5.74, 6) is 0.754. The van der Waals surface area contributed by atoms with Crippen LogP contribution in [-0.2, 0) is 21.1 Å². The van der Waals surface area contributed by atoms with Gasteiger partial charge in [-0.1, -0.05) is 50.9 Å². The van der Waals surface area contributed by atoms with Crippen LogP contribution in [0.2, 0.25) is 0 Å². The summed E-state index contributed by atoms with van der Waals surface area (Å²) in [5.41, 5.74) is 7.45. The predicted octanol–water partition coefficient (Wildman–Crippen LogP) is 5.36. The Labute approximate surface area is 225 Å². The average molecular weight is 546 g/mol. The van der Waals surface area contributed by atoms with Crippen molar-refractivity contribution >= 4 is 39.7 Å². The summed E-state index contributed by atoms with van der Waals surface area (Å²) in [6.45, 7) is 12.6. The number of sulfone groups is 1. The number of unbranched alkanes of at least 4 members (excludes halogenated alkanes) is 1. The second-order valence-corrected chi connectivity index (χ2v) is 12.5. The molecule has 1 saturated heterocycles. The molecule has 4 rings (SSSR count). The van der Waals surface area contributed by atoms with Crippen molar-refractivity contribution in [1.29, 1.82) is 0 Å². The van der Waals surface area contributed by atoms with Gasteiger partial charge >= 0.3 is 0 Å². The minimum absolute atomic E-state index is 0.176. The van der Waals surface area contributed by atoms with Crippen molar-refractivity contribution in [2.24, 2.45) is 5.73 Å². The van der Waals surface area contributed by atoms with Gasteiger partial charge in [-0.3, -0.25) is 4.79 Å². The van der Waals surface area contributed by atoms with Crippen LogP contribution in [0.5, 0.6) is 0 Å². The topological polar surface area (TPSA) is 106 Å². The molecule has 7 nitrogen and oxygen atoms in total. The van der Waals surface area contributed by atoms with E-state index in [4.69, 9.17) is 10.2 Å². The number of amides is 1. The molecule has 2 heterocycles. The summed E-state index contributed by atoms with van der Waals surface area (Å²) < 4.78 is 31.1. The number of nitrogens with two attached hydrogens (primary N) is 1. The Morgan fingerprint density at radius 2 is 1.81 bits per heavy atom. The molecule has 1 aliphatic carbocycles. The van der Waals surface area contributed by atoms with Crippen molar-refractivity contribution in [2.45, 2.75) is 79.7 Å². The largest absolute Gasteiger partial charge is 0.431 e. The van der Waals surface area contributed by atoms with Gasteiger partial charge in [0.1, 0.15) is 5.69 Å².